The Hall–Kier alpha value is -1.66. The zero-order valence-electron chi connectivity index (χ0n) is 9.97. The Kier molecular flexibility index (Phi) is 5.38. The fraction of sp³-hybridized carbons (Fsp3) is 0.455. The first-order chi connectivity index (χ1) is 8.19. The largest absolute Gasteiger partial charge is 0.481 e. The van der Waals surface area contributed by atoms with Gasteiger partial charge < -0.3 is 20.5 Å². The van der Waals surface area contributed by atoms with Crippen molar-refractivity contribution in [2.45, 2.75) is 12.6 Å². The fourth-order valence-electron chi connectivity index (χ4n) is 1.31. The number of carbonyl (C=O) groups excluding carboxylic acids is 1. The minimum Gasteiger partial charge on any atom is -0.481 e. The molecule has 0 bridgehead atoms. The molecule has 1 amide bonds. The van der Waals surface area contributed by atoms with Crippen molar-refractivity contribution in [3.8, 4) is 5.88 Å². The summed E-state index contributed by atoms with van der Waals surface area (Å²) in [6.45, 7) is 0.517. The van der Waals surface area contributed by atoms with E-state index in [1.54, 1.807) is 12.3 Å². The van der Waals surface area contributed by atoms with Crippen LogP contribution < -0.4 is 15.8 Å². The highest BCUT2D eigenvalue weighted by Gasteiger charge is 2.13. The topological polar surface area (TPSA) is 86.5 Å². The molecule has 3 N–H and O–H groups in total. The highest BCUT2D eigenvalue weighted by molar-refractivity contribution is 5.81. The Morgan fingerprint density at radius 2 is 2.35 bits per heavy atom. The van der Waals surface area contributed by atoms with E-state index in [4.69, 9.17) is 15.2 Å². The Morgan fingerprint density at radius 1 is 1.59 bits per heavy atom. The van der Waals surface area contributed by atoms with Crippen molar-refractivity contribution in [1.29, 1.82) is 0 Å². The molecule has 1 atom stereocenters. The summed E-state index contributed by atoms with van der Waals surface area (Å²) in [7, 11) is 3.03. The number of ether oxygens (including phenoxy) is 2. The fourth-order valence-corrected chi connectivity index (χ4v) is 1.31. The van der Waals surface area contributed by atoms with Crippen LogP contribution in [0.5, 0.6) is 5.88 Å². The van der Waals surface area contributed by atoms with Gasteiger partial charge in [0.05, 0.1) is 13.7 Å². The molecule has 6 heteroatoms. The number of nitrogens with zero attached hydrogens (tertiary/aromatic N) is 1. The molecule has 0 fully saturated rings. The molecule has 94 valence electrons. The highest BCUT2D eigenvalue weighted by atomic mass is 16.5. The van der Waals surface area contributed by atoms with Gasteiger partial charge in [0.25, 0.3) is 0 Å². The molecule has 0 saturated carbocycles. The van der Waals surface area contributed by atoms with Crippen LogP contribution in [-0.4, -0.2) is 37.8 Å². The van der Waals surface area contributed by atoms with E-state index < -0.39 is 6.04 Å². The molecule has 6 nitrogen and oxygen atoms in total. The molecule has 0 aliphatic carbocycles. The van der Waals surface area contributed by atoms with Gasteiger partial charge in [-0.15, -0.1) is 0 Å². The maximum absolute atomic E-state index is 11.5. The number of hydrogen-bond acceptors (Lipinski definition) is 5. The molecule has 1 aromatic rings. The minimum atomic E-state index is -0.664. The van der Waals surface area contributed by atoms with Crippen LogP contribution in [0.1, 0.15) is 5.56 Å². The third-order valence-electron chi connectivity index (χ3n) is 2.18. The molecule has 1 heterocycles. The molecule has 1 unspecified atom stereocenters. The van der Waals surface area contributed by atoms with Gasteiger partial charge in [0, 0.05) is 25.4 Å². The molecule has 0 aliphatic heterocycles. The van der Waals surface area contributed by atoms with E-state index >= 15 is 0 Å². The Labute approximate surface area is 100 Å². The minimum absolute atomic E-state index is 0.190. The van der Waals surface area contributed by atoms with Crippen molar-refractivity contribution in [1.82, 2.24) is 10.3 Å². The van der Waals surface area contributed by atoms with Crippen LogP contribution >= 0.6 is 0 Å². The summed E-state index contributed by atoms with van der Waals surface area (Å²) >= 11 is 0. The van der Waals surface area contributed by atoms with Crippen LogP contribution in [0.4, 0.5) is 0 Å². The van der Waals surface area contributed by atoms with Crippen LogP contribution in [-0.2, 0) is 16.1 Å². The highest BCUT2D eigenvalue weighted by Crippen LogP contribution is 2.12. The first kappa shape index (κ1) is 13.4. The standard InChI is InChI=1S/C11H17N3O3/c1-16-7-9(12)10(15)14-6-8-4-3-5-13-11(8)17-2/h3-5,9H,6-7,12H2,1-2H3,(H,14,15). The first-order valence-electron chi connectivity index (χ1n) is 5.19. The van der Waals surface area contributed by atoms with E-state index in [0.717, 1.165) is 5.56 Å². The lowest BCUT2D eigenvalue weighted by molar-refractivity contribution is -0.123. The summed E-state index contributed by atoms with van der Waals surface area (Å²) in [5, 5.41) is 2.69. The van der Waals surface area contributed by atoms with E-state index in [0.29, 0.717) is 12.4 Å². The van der Waals surface area contributed by atoms with Gasteiger partial charge in [-0.2, -0.15) is 0 Å². The second-order valence-electron chi connectivity index (χ2n) is 3.45. The maximum Gasteiger partial charge on any atom is 0.239 e. The number of amides is 1. The molecule has 0 aliphatic rings. The Bertz CT molecular complexity index is 371. The van der Waals surface area contributed by atoms with E-state index in [2.05, 4.69) is 10.3 Å². The monoisotopic (exact) mass is 239 g/mol. The molecule has 0 saturated heterocycles. The molecular weight excluding hydrogens is 222 g/mol. The average Bonchev–Trinajstić information content (AvgIpc) is 2.36. The van der Waals surface area contributed by atoms with E-state index in [-0.39, 0.29) is 12.5 Å². The first-order valence-corrected chi connectivity index (χ1v) is 5.19. The third-order valence-corrected chi connectivity index (χ3v) is 2.18. The van der Waals surface area contributed by atoms with Gasteiger partial charge in [-0.1, -0.05) is 6.07 Å². The quantitative estimate of drug-likeness (QED) is 0.710. The number of methoxy groups -OCH3 is 2. The Balaban J connectivity index is 2.52. The van der Waals surface area contributed by atoms with Crippen molar-refractivity contribution in [3.63, 3.8) is 0 Å². The molecular formula is C11H17N3O3. The number of pyridine rings is 1. The van der Waals surface area contributed by atoms with Gasteiger partial charge in [0.1, 0.15) is 6.04 Å². The Morgan fingerprint density at radius 3 is 3.00 bits per heavy atom. The molecule has 0 aromatic carbocycles. The van der Waals surface area contributed by atoms with E-state index in [1.165, 1.54) is 14.2 Å². The van der Waals surface area contributed by atoms with Gasteiger partial charge in [-0.3, -0.25) is 4.79 Å². The zero-order chi connectivity index (χ0) is 12.7. The summed E-state index contributed by atoms with van der Waals surface area (Å²) in [6, 6.07) is 2.94. The number of aromatic nitrogens is 1. The van der Waals surface area contributed by atoms with Gasteiger partial charge in [0.15, 0.2) is 0 Å². The lowest BCUT2D eigenvalue weighted by Crippen LogP contribution is -2.43. The van der Waals surface area contributed by atoms with Crippen molar-refractivity contribution < 1.29 is 14.3 Å². The number of rotatable bonds is 6. The normalized spacial score (nSPS) is 11.9. The van der Waals surface area contributed by atoms with Crippen molar-refractivity contribution in [2.24, 2.45) is 5.73 Å². The predicted molar refractivity (Wildman–Crippen MR) is 62.5 cm³/mol. The molecule has 1 aromatic heterocycles. The zero-order valence-corrected chi connectivity index (χ0v) is 9.97. The lowest BCUT2D eigenvalue weighted by Gasteiger charge is -2.12. The van der Waals surface area contributed by atoms with Gasteiger partial charge >= 0.3 is 0 Å². The van der Waals surface area contributed by atoms with Gasteiger partial charge in [-0.05, 0) is 6.07 Å². The molecule has 0 spiro atoms. The predicted octanol–water partition coefficient (Wildman–Crippen LogP) is -0.320. The van der Waals surface area contributed by atoms with Crippen LogP contribution in [0, 0.1) is 0 Å². The summed E-state index contributed by atoms with van der Waals surface area (Å²) in [5.41, 5.74) is 6.38. The molecule has 0 radical (unpaired) electrons. The van der Waals surface area contributed by atoms with Crippen LogP contribution in [0.2, 0.25) is 0 Å². The van der Waals surface area contributed by atoms with Crippen molar-refractivity contribution in [2.75, 3.05) is 20.8 Å². The summed E-state index contributed by atoms with van der Waals surface area (Å²) in [5.74, 6) is 0.228. The van der Waals surface area contributed by atoms with Gasteiger partial charge in [0.2, 0.25) is 11.8 Å². The SMILES string of the molecule is COCC(N)C(=O)NCc1cccnc1OC. The number of nitrogens with one attached hydrogen (secondary N) is 1. The number of hydrogen-bond donors (Lipinski definition) is 2. The number of nitrogens with two attached hydrogens (primary N) is 1. The second-order valence-corrected chi connectivity index (χ2v) is 3.45. The summed E-state index contributed by atoms with van der Waals surface area (Å²) in [4.78, 5) is 15.6. The molecule has 1 rings (SSSR count). The third kappa shape index (κ3) is 4.01. The van der Waals surface area contributed by atoms with Crippen molar-refractivity contribution in [3.05, 3.63) is 23.9 Å². The van der Waals surface area contributed by atoms with Gasteiger partial charge in [-0.25, -0.2) is 4.98 Å². The van der Waals surface area contributed by atoms with E-state index in [9.17, 15) is 4.79 Å². The van der Waals surface area contributed by atoms with Crippen LogP contribution in [0.25, 0.3) is 0 Å². The van der Waals surface area contributed by atoms with Crippen LogP contribution in [0.3, 0.4) is 0 Å². The van der Waals surface area contributed by atoms with E-state index in [1.807, 2.05) is 6.07 Å². The summed E-state index contributed by atoms with van der Waals surface area (Å²) in [6.07, 6.45) is 1.63. The second kappa shape index (κ2) is 6.82. The van der Waals surface area contributed by atoms with Crippen LogP contribution in [0.15, 0.2) is 18.3 Å². The smallest absolute Gasteiger partial charge is 0.239 e. The summed E-state index contributed by atoms with van der Waals surface area (Å²) < 4.78 is 9.87. The number of carbonyl (C=O) groups is 1. The lowest BCUT2D eigenvalue weighted by atomic mass is 10.2. The molecule has 17 heavy (non-hydrogen) atoms. The maximum atomic E-state index is 11.5. The van der Waals surface area contributed by atoms with Crippen molar-refractivity contribution >= 4 is 5.91 Å². The average molecular weight is 239 g/mol.